The van der Waals surface area contributed by atoms with Gasteiger partial charge in [0.25, 0.3) is 11.8 Å². The molecule has 0 aromatic heterocycles. The highest BCUT2D eigenvalue weighted by Gasteiger charge is 2.34. The summed E-state index contributed by atoms with van der Waals surface area (Å²) in [5, 5.41) is 0. The number of amides is 2. The molecule has 8 heteroatoms. The van der Waals surface area contributed by atoms with Gasteiger partial charge in [0.1, 0.15) is 5.75 Å². The topological polar surface area (TPSA) is 92.8 Å². The van der Waals surface area contributed by atoms with Crippen LogP contribution < -0.4 is 9.46 Å². The Kier molecular flexibility index (Phi) is 5.71. The van der Waals surface area contributed by atoms with Crippen LogP contribution in [-0.2, 0) is 16.4 Å². The van der Waals surface area contributed by atoms with Crippen LogP contribution in [0.1, 0.15) is 49.9 Å². The van der Waals surface area contributed by atoms with Crippen molar-refractivity contribution in [2.24, 2.45) is 0 Å². The molecule has 3 aromatic carbocycles. The van der Waals surface area contributed by atoms with Crippen molar-refractivity contribution in [3.05, 3.63) is 94.5 Å². The van der Waals surface area contributed by atoms with E-state index in [4.69, 9.17) is 4.74 Å². The van der Waals surface area contributed by atoms with E-state index in [2.05, 4.69) is 4.72 Å². The summed E-state index contributed by atoms with van der Waals surface area (Å²) in [4.78, 5) is 26.4. The number of nitrogens with one attached hydrogen (secondary N) is 1. The normalized spacial score (nSPS) is 17.3. The minimum Gasteiger partial charge on any atom is -0.493 e. The predicted molar refractivity (Wildman–Crippen MR) is 126 cm³/mol. The molecule has 0 radical (unpaired) electrons. The Morgan fingerprint density at radius 2 is 1.65 bits per heavy atom. The van der Waals surface area contributed by atoms with E-state index in [1.807, 2.05) is 25.1 Å². The Labute approximate surface area is 198 Å². The van der Waals surface area contributed by atoms with E-state index in [9.17, 15) is 18.0 Å². The quantitative estimate of drug-likeness (QED) is 0.549. The first-order valence-electron chi connectivity index (χ1n) is 11.1. The zero-order valence-electron chi connectivity index (χ0n) is 18.7. The maximum absolute atomic E-state index is 13.0. The Bertz CT molecular complexity index is 1350. The number of nitrogens with zero attached hydrogens (tertiary/aromatic N) is 1. The predicted octanol–water partition coefficient (Wildman–Crippen LogP) is 3.64. The number of rotatable bonds is 6. The summed E-state index contributed by atoms with van der Waals surface area (Å²) in [6, 6.07) is 18.7. The SMILES string of the molecule is Cc1ccc2c(c1)C(NS(=O)(=O)c1ccc(CCN3C(=O)c4ccccc4C3=O)cc1)CCO2. The third kappa shape index (κ3) is 4.10. The maximum atomic E-state index is 13.0. The lowest BCUT2D eigenvalue weighted by Crippen LogP contribution is -2.32. The second-order valence-corrected chi connectivity index (χ2v) is 10.3. The molecule has 7 nitrogen and oxygen atoms in total. The van der Waals surface area contributed by atoms with Crippen LogP contribution in [0.15, 0.2) is 71.6 Å². The largest absolute Gasteiger partial charge is 0.493 e. The summed E-state index contributed by atoms with van der Waals surface area (Å²) in [5.74, 6) is 0.111. The summed E-state index contributed by atoms with van der Waals surface area (Å²) in [7, 11) is -3.74. The van der Waals surface area contributed by atoms with Gasteiger partial charge in [-0.15, -0.1) is 0 Å². The summed E-state index contributed by atoms with van der Waals surface area (Å²) in [6.07, 6.45) is 0.986. The van der Waals surface area contributed by atoms with Crippen LogP contribution >= 0.6 is 0 Å². The maximum Gasteiger partial charge on any atom is 0.261 e. The van der Waals surface area contributed by atoms with Gasteiger partial charge >= 0.3 is 0 Å². The molecular weight excluding hydrogens is 452 g/mol. The van der Waals surface area contributed by atoms with Crippen LogP contribution in [0.2, 0.25) is 0 Å². The Balaban J connectivity index is 1.26. The number of imide groups is 1. The van der Waals surface area contributed by atoms with E-state index in [-0.39, 0.29) is 29.3 Å². The number of carbonyl (C=O) groups excluding carboxylic acids is 2. The fourth-order valence-electron chi connectivity index (χ4n) is 4.41. The standard InChI is InChI=1S/C26H24N2O5S/c1-17-6-11-24-22(16-17)23(13-15-33-24)27-34(31,32)19-9-7-18(8-10-19)12-14-28-25(29)20-4-2-3-5-21(20)26(28)30/h2-11,16,23,27H,12-15H2,1H3. The molecule has 0 spiro atoms. The molecule has 2 amide bonds. The van der Waals surface area contributed by atoms with Crippen molar-refractivity contribution in [1.29, 1.82) is 0 Å². The first-order chi connectivity index (χ1) is 16.3. The monoisotopic (exact) mass is 476 g/mol. The average Bonchev–Trinajstić information content (AvgIpc) is 3.08. The minimum atomic E-state index is -3.74. The van der Waals surface area contributed by atoms with Gasteiger partial charge in [0.05, 0.1) is 28.7 Å². The second-order valence-electron chi connectivity index (χ2n) is 8.55. The van der Waals surface area contributed by atoms with Crippen LogP contribution in [0.4, 0.5) is 0 Å². The summed E-state index contributed by atoms with van der Waals surface area (Å²) in [5.41, 5.74) is 3.56. The van der Waals surface area contributed by atoms with Crippen LogP contribution in [0.3, 0.4) is 0 Å². The number of carbonyl (C=O) groups is 2. The fourth-order valence-corrected chi connectivity index (χ4v) is 5.66. The van der Waals surface area contributed by atoms with E-state index in [1.54, 1.807) is 48.5 Å². The summed E-state index contributed by atoms with van der Waals surface area (Å²) >= 11 is 0. The van der Waals surface area contributed by atoms with Gasteiger partial charge in [-0.25, -0.2) is 13.1 Å². The van der Waals surface area contributed by atoms with Crippen molar-refractivity contribution in [2.45, 2.75) is 30.7 Å². The summed E-state index contributed by atoms with van der Waals surface area (Å²) < 4.78 is 34.5. The van der Waals surface area contributed by atoms with E-state index < -0.39 is 10.0 Å². The van der Waals surface area contributed by atoms with E-state index in [0.29, 0.717) is 36.3 Å². The molecule has 1 atom stereocenters. The van der Waals surface area contributed by atoms with Gasteiger partial charge < -0.3 is 4.74 Å². The van der Waals surface area contributed by atoms with Gasteiger partial charge in [-0.2, -0.15) is 0 Å². The highest BCUT2D eigenvalue weighted by atomic mass is 32.2. The fraction of sp³-hybridized carbons (Fsp3) is 0.231. The molecule has 174 valence electrons. The van der Waals surface area contributed by atoms with Crippen molar-refractivity contribution in [1.82, 2.24) is 9.62 Å². The molecule has 1 N–H and O–H groups in total. The van der Waals surface area contributed by atoms with Gasteiger partial charge in [-0.1, -0.05) is 42.0 Å². The Hall–Kier alpha value is -3.49. The first kappa shape index (κ1) is 22.3. The van der Waals surface area contributed by atoms with Gasteiger partial charge in [-0.05, 0) is 49.2 Å². The summed E-state index contributed by atoms with van der Waals surface area (Å²) in [6.45, 7) is 2.63. The van der Waals surface area contributed by atoms with E-state index in [0.717, 1.165) is 16.7 Å². The molecule has 2 heterocycles. The molecule has 0 aliphatic carbocycles. The molecule has 1 unspecified atom stereocenters. The van der Waals surface area contributed by atoms with Crippen molar-refractivity contribution < 1.29 is 22.7 Å². The molecule has 2 aliphatic heterocycles. The smallest absolute Gasteiger partial charge is 0.261 e. The average molecular weight is 477 g/mol. The van der Waals surface area contributed by atoms with Crippen molar-refractivity contribution in [3.8, 4) is 5.75 Å². The number of ether oxygens (including phenoxy) is 1. The lowest BCUT2D eigenvalue weighted by atomic mass is 10.00. The van der Waals surface area contributed by atoms with Crippen LogP contribution in [-0.4, -0.2) is 38.3 Å². The van der Waals surface area contributed by atoms with Crippen molar-refractivity contribution >= 4 is 21.8 Å². The number of fused-ring (bicyclic) bond motifs is 2. The van der Waals surface area contributed by atoms with Crippen LogP contribution in [0.25, 0.3) is 0 Å². The van der Waals surface area contributed by atoms with Gasteiger partial charge in [0.2, 0.25) is 10.0 Å². The van der Waals surface area contributed by atoms with Crippen molar-refractivity contribution in [3.63, 3.8) is 0 Å². The minimum absolute atomic E-state index is 0.165. The molecule has 34 heavy (non-hydrogen) atoms. The van der Waals surface area contributed by atoms with Gasteiger partial charge in [-0.3, -0.25) is 14.5 Å². The molecule has 0 saturated carbocycles. The molecule has 5 rings (SSSR count). The molecule has 3 aromatic rings. The molecule has 0 bridgehead atoms. The second kappa shape index (κ2) is 8.70. The molecule has 2 aliphatic rings. The lowest BCUT2D eigenvalue weighted by Gasteiger charge is -2.27. The number of benzene rings is 3. The van der Waals surface area contributed by atoms with Gasteiger partial charge in [0, 0.05) is 18.5 Å². The van der Waals surface area contributed by atoms with E-state index >= 15 is 0 Å². The number of sulfonamides is 1. The van der Waals surface area contributed by atoms with E-state index in [1.165, 1.54) is 4.90 Å². The van der Waals surface area contributed by atoms with Crippen LogP contribution in [0, 0.1) is 6.92 Å². The number of aryl methyl sites for hydroxylation is 1. The highest BCUT2D eigenvalue weighted by molar-refractivity contribution is 7.89. The third-order valence-corrected chi connectivity index (χ3v) is 7.73. The van der Waals surface area contributed by atoms with Crippen molar-refractivity contribution in [2.75, 3.05) is 13.2 Å². The zero-order chi connectivity index (χ0) is 23.9. The Morgan fingerprint density at radius 3 is 2.32 bits per heavy atom. The number of hydrogen-bond donors (Lipinski definition) is 1. The van der Waals surface area contributed by atoms with Gasteiger partial charge in [0.15, 0.2) is 0 Å². The molecule has 0 saturated heterocycles. The Morgan fingerprint density at radius 1 is 0.971 bits per heavy atom. The third-order valence-electron chi connectivity index (χ3n) is 6.24. The molecular formula is C26H24N2O5S. The number of hydrogen-bond acceptors (Lipinski definition) is 5. The first-order valence-corrected chi connectivity index (χ1v) is 12.6. The molecule has 0 fully saturated rings. The van der Waals surface area contributed by atoms with Crippen LogP contribution in [0.5, 0.6) is 5.75 Å². The zero-order valence-corrected chi connectivity index (χ0v) is 19.5. The lowest BCUT2D eigenvalue weighted by molar-refractivity contribution is 0.0656. The highest BCUT2D eigenvalue weighted by Crippen LogP contribution is 2.33.